The smallest absolute Gasteiger partial charge is 0.268 e. The van der Waals surface area contributed by atoms with E-state index in [9.17, 15) is 12.8 Å². The number of halogens is 3. The van der Waals surface area contributed by atoms with Crippen molar-refractivity contribution >= 4 is 49.6 Å². The molecule has 0 unspecified atom stereocenters. The molecule has 0 saturated carbocycles. The fourth-order valence-corrected chi connectivity index (χ4v) is 5.06. The monoisotopic (exact) mass is 551 g/mol. The van der Waals surface area contributed by atoms with Gasteiger partial charge in [-0.25, -0.2) is 21.2 Å². The Kier molecular flexibility index (Phi) is 5.61. The lowest BCUT2D eigenvalue weighted by molar-refractivity contribution is 0.440. The van der Waals surface area contributed by atoms with E-state index in [0.29, 0.717) is 14.5 Å². The lowest BCUT2D eigenvalue weighted by Gasteiger charge is -2.13. The number of aryl methyl sites for hydroxylation is 1. The third-order valence-electron chi connectivity index (χ3n) is 4.80. The Bertz CT molecular complexity index is 1430. The van der Waals surface area contributed by atoms with Crippen LogP contribution in [0.2, 0.25) is 0 Å². The van der Waals surface area contributed by atoms with Crippen molar-refractivity contribution in [1.82, 2.24) is 3.97 Å². The molecule has 0 radical (unpaired) electrons. The molecule has 1 aromatic heterocycles. The van der Waals surface area contributed by atoms with Gasteiger partial charge in [0.25, 0.3) is 10.0 Å². The highest BCUT2D eigenvalue weighted by molar-refractivity contribution is 14.1. The van der Waals surface area contributed by atoms with Crippen LogP contribution in [0.4, 0.5) is 8.78 Å². The van der Waals surface area contributed by atoms with Gasteiger partial charge < -0.3 is 4.74 Å². The molecule has 4 nitrogen and oxygen atoms in total. The van der Waals surface area contributed by atoms with E-state index in [0.717, 1.165) is 15.6 Å². The summed E-state index contributed by atoms with van der Waals surface area (Å²) in [6.45, 7) is 5.59. The lowest BCUT2D eigenvalue weighted by atomic mass is 10.1. The lowest BCUT2D eigenvalue weighted by Crippen LogP contribution is -2.12. The molecular formula is C23H16F2INO3S. The van der Waals surface area contributed by atoms with E-state index >= 15 is 4.39 Å². The number of fused-ring (bicyclic) bond motifs is 1. The van der Waals surface area contributed by atoms with Crippen molar-refractivity contribution in [3.05, 3.63) is 93.7 Å². The van der Waals surface area contributed by atoms with Crippen molar-refractivity contribution in [2.75, 3.05) is 0 Å². The van der Waals surface area contributed by atoms with Crippen LogP contribution in [-0.2, 0) is 10.0 Å². The zero-order chi connectivity index (χ0) is 22.3. The van der Waals surface area contributed by atoms with Gasteiger partial charge in [-0.05, 0) is 65.9 Å². The third-order valence-corrected chi connectivity index (χ3v) is 7.33. The topological polar surface area (TPSA) is 48.3 Å². The van der Waals surface area contributed by atoms with Crippen LogP contribution in [0.25, 0.3) is 17.0 Å². The quantitative estimate of drug-likeness (QED) is 0.266. The van der Waals surface area contributed by atoms with E-state index in [1.165, 1.54) is 42.6 Å². The number of aromatic nitrogens is 1. The van der Waals surface area contributed by atoms with Crippen LogP contribution in [0.3, 0.4) is 0 Å². The molecule has 4 aromatic rings. The zero-order valence-corrected chi connectivity index (χ0v) is 19.2. The zero-order valence-electron chi connectivity index (χ0n) is 16.3. The van der Waals surface area contributed by atoms with Gasteiger partial charge >= 0.3 is 0 Å². The molecule has 3 aromatic carbocycles. The molecule has 0 saturated heterocycles. The highest BCUT2D eigenvalue weighted by atomic mass is 127. The van der Waals surface area contributed by atoms with Gasteiger partial charge in [0.05, 0.1) is 14.0 Å². The molecule has 0 aliphatic heterocycles. The standard InChI is InChI=1S/C23H16F2INO3S/c1-3-17-18-10-11-27(31(28,29)16-7-4-14(2)5-8-16)22(18)13-20(25)23(17)30-15-6-9-19(24)21(26)12-15/h3-13H,1H2,2H3. The van der Waals surface area contributed by atoms with E-state index in [1.54, 1.807) is 18.2 Å². The normalized spacial score (nSPS) is 11.6. The van der Waals surface area contributed by atoms with Crippen molar-refractivity contribution in [3.8, 4) is 11.5 Å². The maximum absolute atomic E-state index is 15.1. The van der Waals surface area contributed by atoms with Gasteiger partial charge in [0.2, 0.25) is 0 Å². The Morgan fingerprint density at radius 3 is 2.39 bits per heavy atom. The number of benzene rings is 3. The maximum Gasteiger partial charge on any atom is 0.268 e. The maximum atomic E-state index is 15.1. The molecule has 0 aliphatic rings. The third kappa shape index (κ3) is 3.85. The fourth-order valence-electron chi connectivity index (χ4n) is 3.23. The molecule has 4 rings (SSSR count). The van der Waals surface area contributed by atoms with Crippen LogP contribution in [0, 0.1) is 22.1 Å². The SMILES string of the molecule is C=Cc1c(Oc2ccc(F)c(I)c2)c(F)cc2c1ccn2S(=O)(=O)c1ccc(C)cc1. The second-order valence-electron chi connectivity index (χ2n) is 6.85. The average Bonchev–Trinajstić information content (AvgIpc) is 3.15. The van der Waals surface area contributed by atoms with Crippen molar-refractivity contribution in [2.24, 2.45) is 0 Å². The molecule has 0 aliphatic carbocycles. The molecular weight excluding hydrogens is 535 g/mol. The second-order valence-corrected chi connectivity index (χ2v) is 9.82. The highest BCUT2D eigenvalue weighted by Crippen LogP contribution is 2.37. The van der Waals surface area contributed by atoms with Crippen molar-refractivity contribution in [1.29, 1.82) is 0 Å². The van der Waals surface area contributed by atoms with Crippen molar-refractivity contribution in [3.63, 3.8) is 0 Å². The largest absolute Gasteiger partial charge is 0.454 e. The van der Waals surface area contributed by atoms with E-state index in [-0.39, 0.29) is 21.9 Å². The van der Waals surface area contributed by atoms with Crippen molar-refractivity contribution < 1.29 is 21.9 Å². The van der Waals surface area contributed by atoms with Crippen molar-refractivity contribution in [2.45, 2.75) is 11.8 Å². The Hall–Kier alpha value is -2.72. The first-order valence-electron chi connectivity index (χ1n) is 9.13. The first kappa shape index (κ1) is 21.5. The van der Waals surface area contributed by atoms with Crippen LogP contribution >= 0.6 is 22.6 Å². The minimum atomic E-state index is -3.93. The van der Waals surface area contributed by atoms with Gasteiger partial charge in [0.1, 0.15) is 11.6 Å². The predicted molar refractivity (Wildman–Crippen MR) is 125 cm³/mol. The summed E-state index contributed by atoms with van der Waals surface area (Å²) in [5.74, 6) is -1.04. The summed E-state index contributed by atoms with van der Waals surface area (Å²) < 4.78 is 61.9. The van der Waals surface area contributed by atoms with Gasteiger partial charge in [0.15, 0.2) is 11.6 Å². The molecule has 8 heteroatoms. The van der Waals surface area contributed by atoms with Gasteiger partial charge in [-0.2, -0.15) is 0 Å². The molecule has 0 N–H and O–H groups in total. The van der Waals surface area contributed by atoms with Crippen LogP contribution in [0.15, 0.2) is 72.3 Å². The second kappa shape index (κ2) is 8.08. The minimum absolute atomic E-state index is 0.0948. The molecule has 1 heterocycles. The first-order valence-corrected chi connectivity index (χ1v) is 11.7. The fraction of sp³-hybridized carbons (Fsp3) is 0.0435. The highest BCUT2D eigenvalue weighted by Gasteiger charge is 2.23. The summed E-state index contributed by atoms with van der Waals surface area (Å²) >= 11 is 1.81. The molecule has 0 bridgehead atoms. The van der Waals surface area contributed by atoms with Gasteiger partial charge in [-0.15, -0.1) is 0 Å². The summed E-state index contributed by atoms with van der Waals surface area (Å²) in [6.07, 6.45) is 2.77. The van der Waals surface area contributed by atoms with E-state index in [4.69, 9.17) is 4.74 Å². The van der Waals surface area contributed by atoms with Crippen LogP contribution in [0.5, 0.6) is 11.5 Å². The molecule has 0 fully saturated rings. The number of ether oxygens (including phenoxy) is 1. The summed E-state index contributed by atoms with van der Waals surface area (Å²) in [5, 5.41) is 0.457. The molecule has 0 spiro atoms. The van der Waals surface area contributed by atoms with E-state index in [1.807, 2.05) is 29.5 Å². The van der Waals surface area contributed by atoms with Crippen LogP contribution < -0.4 is 4.74 Å². The molecule has 0 atom stereocenters. The van der Waals surface area contributed by atoms with Gasteiger partial charge in [0, 0.05) is 23.2 Å². The number of nitrogens with zero attached hydrogens (tertiary/aromatic N) is 1. The Morgan fingerprint density at radius 2 is 1.74 bits per heavy atom. The van der Waals surface area contributed by atoms with Crippen LogP contribution in [0.1, 0.15) is 11.1 Å². The Labute approximate surface area is 192 Å². The van der Waals surface area contributed by atoms with E-state index < -0.39 is 21.7 Å². The Morgan fingerprint density at radius 1 is 1.03 bits per heavy atom. The van der Waals surface area contributed by atoms with E-state index in [2.05, 4.69) is 6.58 Å². The van der Waals surface area contributed by atoms with Crippen LogP contribution in [-0.4, -0.2) is 12.4 Å². The molecule has 31 heavy (non-hydrogen) atoms. The summed E-state index contributed by atoms with van der Waals surface area (Å²) in [4.78, 5) is 0.0948. The Balaban J connectivity index is 1.86. The van der Waals surface area contributed by atoms with Gasteiger partial charge in [-0.1, -0.05) is 30.4 Å². The predicted octanol–water partition coefficient (Wildman–Crippen LogP) is 6.50. The minimum Gasteiger partial charge on any atom is -0.454 e. The summed E-state index contributed by atoms with van der Waals surface area (Å²) in [5.41, 5.74) is 1.38. The summed E-state index contributed by atoms with van der Waals surface area (Å²) in [6, 6.07) is 13.2. The molecule has 158 valence electrons. The number of hydrogen-bond donors (Lipinski definition) is 0. The first-order chi connectivity index (χ1) is 14.7. The number of rotatable bonds is 5. The number of hydrogen-bond acceptors (Lipinski definition) is 3. The van der Waals surface area contributed by atoms with Gasteiger partial charge in [-0.3, -0.25) is 0 Å². The summed E-state index contributed by atoms with van der Waals surface area (Å²) in [7, 11) is -3.93. The average molecular weight is 551 g/mol. The molecule has 0 amide bonds.